The minimum Gasteiger partial charge on any atom is -0.463 e. The Bertz CT molecular complexity index is 722. The lowest BCUT2D eigenvalue weighted by molar-refractivity contribution is -0.166. The Morgan fingerprint density at radius 1 is 1.15 bits per heavy atom. The second-order valence-electron chi connectivity index (χ2n) is 10.0. The molecule has 3 saturated carbocycles. The molecule has 0 bridgehead atoms. The van der Waals surface area contributed by atoms with Gasteiger partial charge in [-0.15, -0.1) is 0 Å². The third-order valence-corrected chi connectivity index (χ3v) is 8.60. The third-order valence-electron chi connectivity index (χ3n) is 8.60. The highest BCUT2D eigenvalue weighted by atomic mass is 16.5. The molecule has 4 aliphatic rings. The summed E-state index contributed by atoms with van der Waals surface area (Å²) in [5.74, 6) is 1.66. The summed E-state index contributed by atoms with van der Waals surface area (Å²) < 4.78 is 5.50. The molecule has 0 N–H and O–H groups in total. The maximum absolute atomic E-state index is 13.4. The number of fused-ring (bicyclic) bond motifs is 5. The predicted molar refractivity (Wildman–Crippen MR) is 102 cm³/mol. The molecule has 0 heterocycles. The molecule has 4 nitrogen and oxygen atoms in total. The summed E-state index contributed by atoms with van der Waals surface area (Å²) in [7, 11) is 0. The molecule has 3 fully saturated rings. The highest BCUT2D eigenvalue weighted by Gasteiger charge is 2.62. The van der Waals surface area contributed by atoms with Gasteiger partial charge in [0.1, 0.15) is 11.9 Å². The number of rotatable bonds is 2. The second-order valence-corrected chi connectivity index (χ2v) is 10.0. The fourth-order valence-corrected chi connectivity index (χ4v) is 7.50. The Hall–Kier alpha value is -1.45. The van der Waals surface area contributed by atoms with E-state index in [0.717, 1.165) is 44.1 Å². The Labute approximate surface area is 162 Å². The zero-order chi connectivity index (χ0) is 19.6. The molecule has 0 radical (unpaired) electrons. The van der Waals surface area contributed by atoms with Gasteiger partial charge in [-0.3, -0.25) is 14.4 Å². The summed E-state index contributed by atoms with van der Waals surface area (Å²) in [5, 5.41) is 0. The zero-order valence-corrected chi connectivity index (χ0v) is 17.0. The van der Waals surface area contributed by atoms with Crippen LogP contribution < -0.4 is 0 Å². The number of hydrogen-bond donors (Lipinski definition) is 0. The molecule has 0 spiro atoms. The van der Waals surface area contributed by atoms with Crippen LogP contribution in [-0.4, -0.2) is 23.6 Å². The van der Waals surface area contributed by atoms with Crippen LogP contribution in [0.5, 0.6) is 0 Å². The predicted octanol–water partition coefficient (Wildman–Crippen LogP) is 4.27. The summed E-state index contributed by atoms with van der Waals surface area (Å²) in [6, 6.07) is 0. The Kier molecular flexibility index (Phi) is 4.40. The molecule has 0 aliphatic heterocycles. The van der Waals surface area contributed by atoms with Gasteiger partial charge in [-0.1, -0.05) is 19.9 Å². The van der Waals surface area contributed by atoms with E-state index in [4.69, 9.17) is 4.74 Å². The molecule has 27 heavy (non-hydrogen) atoms. The zero-order valence-electron chi connectivity index (χ0n) is 17.0. The topological polar surface area (TPSA) is 60.4 Å². The maximum Gasteiger partial charge on any atom is 0.302 e. The second kappa shape index (κ2) is 6.28. The first kappa shape index (κ1) is 18.9. The van der Waals surface area contributed by atoms with Crippen LogP contribution in [-0.2, 0) is 19.1 Å². The number of hydrogen-bond acceptors (Lipinski definition) is 4. The van der Waals surface area contributed by atoms with Crippen LogP contribution in [0.4, 0.5) is 0 Å². The van der Waals surface area contributed by atoms with Crippen LogP contribution in [0.2, 0.25) is 0 Å². The smallest absolute Gasteiger partial charge is 0.302 e. The molecule has 7 atom stereocenters. The quantitative estimate of drug-likeness (QED) is 0.679. The molecule has 6 unspecified atom stereocenters. The fraction of sp³-hybridized carbons (Fsp3) is 0.783. The molecule has 0 aromatic heterocycles. The molecular formula is C23H32O4. The van der Waals surface area contributed by atoms with Crippen molar-refractivity contribution in [2.45, 2.75) is 78.7 Å². The van der Waals surface area contributed by atoms with Crippen molar-refractivity contribution in [3.8, 4) is 0 Å². The first-order valence-electron chi connectivity index (χ1n) is 10.6. The first-order chi connectivity index (χ1) is 12.7. The van der Waals surface area contributed by atoms with Gasteiger partial charge in [0.15, 0.2) is 5.78 Å². The van der Waals surface area contributed by atoms with Crippen molar-refractivity contribution in [2.24, 2.45) is 34.5 Å². The van der Waals surface area contributed by atoms with Crippen molar-refractivity contribution >= 4 is 17.5 Å². The number of allylic oxidation sites excluding steroid dienone is 2. The lowest BCUT2D eigenvalue weighted by atomic mass is 9.44. The molecular weight excluding hydrogens is 340 g/mol. The maximum atomic E-state index is 13.4. The molecule has 4 aliphatic carbocycles. The number of ketones is 2. The molecule has 0 aromatic carbocycles. The highest BCUT2D eigenvalue weighted by Crippen LogP contribution is 2.65. The van der Waals surface area contributed by atoms with E-state index in [9.17, 15) is 14.4 Å². The third kappa shape index (κ3) is 2.74. The van der Waals surface area contributed by atoms with Crippen LogP contribution in [0.3, 0.4) is 0 Å². The van der Waals surface area contributed by atoms with Crippen LogP contribution in [0.25, 0.3) is 0 Å². The summed E-state index contributed by atoms with van der Waals surface area (Å²) in [6.07, 6.45) is 8.46. The van der Waals surface area contributed by atoms with Crippen molar-refractivity contribution in [3.05, 3.63) is 11.6 Å². The van der Waals surface area contributed by atoms with Gasteiger partial charge in [0, 0.05) is 24.7 Å². The van der Waals surface area contributed by atoms with Gasteiger partial charge >= 0.3 is 5.97 Å². The molecule has 0 aromatic rings. The van der Waals surface area contributed by atoms with E-state index in [2.05, 4.69) is 19.9 Å². The lowest BCUT2D eigenvalue weighted by Crippen LogP contribution is -2.57. The van der Waals surface area contributed by atoms with Gasteiger partial charge in [0.2, 0.25) is 0 Å². The summed E-state index contributed by atoms with van der Waals surface area (Å²) in [6.45, 7) is 7.59. The minimum atomic E-state index is -0.262. The van der Waals surface area contributed by atoms with Gasteiger partial charge in [-0.25, -0.2) is 0 Å². The van der Waals surface area contributed by atoms with Gasteiger partial charge < -0.3 is 4.74 Å². The number of Topliss-reactive ketones (excluding diaryl/α,β-unsaturated/α-hetero) is 2. The Balaban J connectivity index is 1.60. The average molecular weight is 373 g/mol. The van der Waals surface area contributed by atoms with Crippen LogP contribution in [0.1, 0.15) is 72.6 Å². The van der Waals surface area contributed by atoms with E-state index in [0.29, 0.717) is 30.0 Å². The van der Waals surface area contributed by atoms with Gasteiger partial charge in [-0.2, -0.15) is 0 Å². The number of carbonyl (C=O) groups is 3. The van der Waals surface area contributed by atoms with Crippen molar-refractivity contribution in [1.29, 1.82) is 0 Å². The molecule has 4 heteroatoms. The number of ether oxygens (including phenoxy) is 1. The van der Waals surface area contributed by atoms with E-state index in [-0.39, 0.29) is 34.6 Å². The van der Waals surface area contributed by atoms with Crippen LogP contribution >= 0.6 is 0 Å². The fourth-order valence-electron chi connectivity index (χ4n) is 7.50. The summed E-state index contributed by atoms with van der Waals surface area (Å²) >= 11 is 0. The monoisotopic (exact) mass is 372 g/mol. The van der Waals surface area contributed by atoms with E-state index in [1.807, 2.05) is 0 Å². The highest BCUT2D eigenvalue weighted by molar-refractivity contribution is 5.97. The summed E-state index contributed by atoms with van der Waals surface area (Å²) in [5.41, 5.74) is 0.643. The lowest BCUT2D eigenvalue weighted by Gasteiger charge is -2.59. The standard InChI is InChI=1S/C23H32O4/c1-13(24)18-7-8-19-17-6-5-15-11-16(27-14(2)25)9-10-22(15,3)21(17)20(26)12-23(18,19)4/h7,15-17,19,21H,5-6,8-12H2,1-4H3/t15-,16?,17?,19?,21?,22?,23?/m0/s1. The molecule has 4 rings (SSSR count). The number of esters is 1. The molecule has 148 valence electrons. The molecule has 0 amide bonds. The SMILES string of the molecule is CC(=O)OC1CCC2(C)C3C(=O)CC4(C)C(C(C)=O)=CCC4C3CC[C@H]2C1. The largest absolute Gasteiger partial charge is 0.463 e. The van der Waals surface area contributed by atoms with Crippen molar-refractivity contribution in [1.82, 2.24) is 0 Å². The van der Waals surface area contributed by atoms with Crippen LogP contribution in [0, 0.1) is 34.5 Å². The van der Waals surface area contributed by atoms with Gasteiger partial charge in [-0.05, 0) is 74.2 Å². The summed E-state index contributed by atoms with van der Waals surface area (Å²) in [4.78, 5) is 37.0. The van der Waals surface area contributed by atoms with Crippen LogP contribution in [0.15, 0.2) is 11.6 Å². The van der Waals surface area contributed by atoms with E-state index < -0.39 is 0 Å². The average Bonchev–Trinajstić information content (AvgIpc) is 2.91. The van der Waals surface area contributed by atoms with Crippen molar-refractivity contribution in [3.63, 3.8) is 0 Å². The normalized spacial score (nSPS) is 46.0. The van der Waals surface area contributed by atoms with E-state index in [1.165, 1.54) is 6.92 Å². The Morgan fingerprint density at radius 3 is 2.56 bits per heavy atom. The van der Waals surface area contributed by atoms with Crippen molar-refractivity contribution < 1.29 is 19.1 Å². The van der Waals surface area contributed by atoms with Gasteiger partial charge in [0.25, 0.3) is 0 Å². The van der Waals surface area contributed by atoms with Gasteiger partial charge in [0.05, 0.1) is 0 Å². The Morgan fingerprint density at radius 2 is 1.89 bits per heavy atom. The van der Waals surface area contributed by atoms with Crippen molar-refractivity contribution in [2.75, 3.05) is 0 Å². The van der Waals surface area contributed by atoms with E-state index in [1.54, 1.807) is 6.92 Å². The minimum absolute atomic E-state index is 0.0109. The number of carbonyl (C=O) groups excluding carboxylic acids is 3. The van der Waals surface area contributed by atoms with E-state index >= 15 is 0 Å². The molecule has 0 saturated heterocycles. The first-order valence-corrected chi connectivity index (χ1v) is 10.6.